The Kier molecular flexibility index (Phi) is 98.0. The summed E-state index contributed by atoms with van der Waals surface area (Å²) in [5.41, 5.74) is 0. The summed E-state index contributed by atoms with van der Waals surface area (Å²) < 4.78 is 0. The molecule has 0 spiro atoms. The van der Waals surface area contributed by atoms with E-state index in [2.05, 4.69) is 0 Å². The number of rotatable bonds is 0. The van der Waals surface area contributed by atoms with E-state index in [0.717, 1.165) is 0 Å². The van der Waals surface area contributed by atoms with Gasteiger partial charge in [0.25, 0.3) is 0 Å². The molecule has 0 unspecified atom stereocenters. The fourth-order valence-electron chi connectivity index (χ4n) is 0. The zero-order chi connectivity index (χ0) is 3.58. The second-order valence-electron chi connectivity index (χ2n) is 0.247. The van der Waals surface area contributed by atoms with Crippen LogP contribution in [0.2, 0.25) is 0 Å². The summed E-state index contributed by atoms with van der Waals surface area (Å²) in [6, 6.07) is 0. The van der Waals surface area contributed by atoms with E-state index in [4.69, 9.17) is 24.9 Å². The Labute approximate surface area is 65.5 Å². The molecule has 8 heteroatoms. The van der Waals surface area contributed by atoms with Crippen molar-refractivity contribution in [1.82, 2.24) is 0 Å². The number of hydrogen-bond donors (Lipinski definition) is 0. The van der Waals surface area contributed by atoms with Gasteiger partial charge in [0.15, 0.2) is 0 Å². The molecule has 0 aromatic carbocycles. The minimum atomic E-state index is -2.31. The Bertz CT molecular complexity index is 16.0. The van der Waals surface area contributed by atoms with Gasteiger partial charge in [-0.25, -0.2) is 0 Å². The van der Waals surface area contributed by atoms with Crippen LogP contribution in [-0.2, 0) is 0 Å². The van der Waals surface area contributed by atoms with Gasteiger partial charge in [0, 0.05) is 0 Å². The van der Waals surface area contributed by atoms with Gasteiger partial charge in [-0.3, -0.25) is 0 Å². The van der Waals surface area contributed by atoms with Crippen molar-refractivity contribution in [3.63, 3.8) is 0 Å². The van der Waals surface area contributed by atoms with Gasteiger partial charge < -0.3 is 21.9 Å². The average molecular weight is 383 g/mol. The third kappa shape index (κ3) is 126. The molecule has 0 aliphatic carbocycles. The topological polar surface area (TPSA) is 126 Å². The normalized spacial score (nSPS) is 3.38. The minimum absolute atomic E-state index is 0. The predicted octanol–water partition coefficient (Wildman–Crippen LogP) is -1.61. The quantitative estimate of drug-likeness (QED) is 0.447. The van der Waals surface area contributed by atoms with E-state index < -0.39 is 19.0 Å². The van der Waals surface area contributed by atoms with E-state index >= 15 is 0 Å². The Hall–Kier alpha value is 1.63. The molecule has 0 aromatic rings. The van der Waals surface area contributed by atoms with Crippen LogP contribution >= 0.6 is 24.9 Å². The van der Waals surface area contributed by atoms with Gasteiger partial charge in [-0.2, -0.15) is 0 Å². The Morgan fingerprint density at radius 2 is 0.625 bits per heavy atom. The maximum absolute atomic E-state index is 5.03. The molecule has 0 atom stereocenters. The summed E-state index contributed by atoms with van der Waals surface area (Å²) >= 11 is -2.31. The zero-order valence-corrected chi connectivity index (χ0v) is 10.5. The van der Waals surface area contributed by atoms with Crippen LogP contribution in [0.1, 0.15) is 0 Å². The molecule has 0 saturated carbocycles. The van der Waals surface area contributed by atoms with Crippen LogP contribution in [0.25, 0.3) is 0 Å². The van der Waals surface area contributed by atoms with Crippen molar-refractivity contribution in [3.05, 3.63) is 0 Å². The molecule has 0 aliphatic heterocycles. The second kappa shape index (κ2) is 23.4. The molecule has 0 rings (SSSR count). The average Bonchev–Trinajstić information content (AvgIpc) is 0.811. The van der Waals surface area contributed by atoms with E-state index in [0.29, 0.717) is 0 Å². The second-order valence-corrected chi connectivity index (χ2v) is 19.5. The first-order valence-electron chi connectivity index (χ1n) is 0.655. The van der Waals surface area contributed by atoms with Crippen LogP contribution in [0.5, 0.6) is 0 Å². The van der Waals surface area contributed by atoms with E-state index in [1.54, 1.807) is 0 Å². The Morgan fingerprint density at radius 3 is 0.625 bits per heavy atom. The van der Waals surface area contributed by atoms with Crippen molar-refractivity contribution in [2.75, 3.05) is 0 Å². The van der Waals surface area contributed by atoms with Crippen LogP contribution in [0.4, 0.5) is 0 Å². The van der Waals surface area contributed by atoms with Crippen LogP contribution < -0.4 is 0 Å². The van der Waals surface area contributed by atoms with Crippen molar-refractivity contribution in [2.45, 2.75) is 0 Å². The van der Waals surface area contributed by atoms with Crippen molar-refractivity contribution in [3.8, 4) is 0 Å². The summed E-state index contributed by atoms with van der Waals surface area (Å²) in [5, 5.41) is 0. The molecule has 0 amide bonds. The molecule has 0 fully saturated rings. The van der Waals surface area contributed by atoms with E-state index in [1.165, 1.54) is 0 Å². The van der Waals surface area contributed by atoms with Gasteiger partial charge >= 0.3 is 44.0 Å². The van der Waals surface area contributed by atoms with Crippen LogP contribution in [-0.4, -0.2) is 40.9 Å². The molecule has 4 nitrogen and oxygen atoms in total. The first-order valence-corrected chi connectivity index (χ1v) is 17.2. The molecule has 0 aliphatic rings. The molecular weight excluding hydrogens is 375 g/mol. The Balaban J connectivity index is -0.00000000750. The molecule has 0 bridgehead atoms. The van der Waals surface area contributed by atoms with Gasteiger partial charge in [-0.05, 0) is 0 Å². The van der Waals surface area contributed by atoms with Gasteiger partial charge in [-0.15, -0.1) is 0 Å². The van der Waals surface area contributed by atoms with E-state index in [9.17, 15) is 0 Å². The summed E-state index contributed by atoms with van der Waals surface area (Å²) in [5.74, 6) is 0. The number of halogens is 3. The van der Waals surface area contributed by atoms with Crippen molar-refractivity contribution in [2.24, 2.45) is 0 Å². The van der Waals surface area contributed by atoms with Crippen molar-refractivity contribution < 1.29 is 21.9 Å². The SMILES string of the molecule is O.O.O.O.[Cl][Tl]([Cl])[Cl]. The van der Waals surface area contributed by atoms with E-state index in [1.807, 2.05) is 0 Å². The first-order chi connectivity index (χ1) is 1.73. The third-order valence-electron chi connectivity index (χ3n) is 0. The summed E-state index contributed by atoms with van der Waals surface area (Å²) in [6.07, 6.45) is 0. The van der Waals surface area contributed by atoms with Gasteiger partial charge in [0.05, 0.1) is 0 Å². The number of hydrogen-bond acceptors (Lipinski definition) is 0. The van der Waals surface area contributed by atoms with Crippen molar-refractivity contribution in [1.29, 1.82) is 0 Å². The molecular formula is H8Cl3O4Tl. The summed E-state index contributed by atoms with van der Waals surface area (Å²) in [7, 11) is 15.1. The third-order valence-corrected chi connectivity index (χ3v) is 0. The van der Waals surface area contributed by atoms with Gasteiger partial charge in [0.1, 0.15) is 0 Å². The fraction of sp³-hybridized carbons (Fsp3) is 0. The predicted molar refractivity (Wildman–Crippen MR) is 37.8 cm³/mol. The van der Waals surface area contributed by atoms with Gasteiger partial charge in [0.2, 0.25) is 0 Å². The molecule has 8 heavy (non-hydrogen) atoms. The van der Waals surface area contributed by atoms with Gasteiger partial charge in [-0.1, -0.05) is 0 Å². The standard InChI is InChI=1S/3ClH.4H2O.Tl/h3*1H;4*1H2;/q;;;;;;;+3/p-3. The molecule has 0 saturated heterocycles. The molecule has 56 valence electrons. The Morgan fingerprint density at radius 1 is 0.625 bits per heavy atom. The molecule has 8 N–H and O–H groups in total. The van der Waals surface area contributed by atoms with E-state index in [-0.39, 0.29) is 21.9 Å². The molecule has 0 aromatic heterocycles. The summed E-state index contributed by atoms with van der Waals surface area (Å²) in [6.45, 7) is 0. The van der Waals surface area contributed by atoms with Crippen LogP contribution in [0.15, 0.2) is 0 Å². The molecule has 0 radical (unpaired) electrons. The van der Waals surface area contributed by atoms with Crippen molar-refractivity contribution >= 4 is 44.0 Å². The summed E-state index contributed by atoms with van der Waals surface area (Å²) in [4.78, 5) is 0. The van der Waals surface area contributed by atoms with Crippen LogP contribution in [0.3, 0.4) is 0 Å². The van der Waals surface area contributed by atoms with Crippen LogP contribution in [0, 0.1) is 0 Å². The maximum atomic E-state index is 5.03. The monoisotopic (exact) mass is 382 g/mol. The first kappa shape index (κ1) is 33.5. The molecule has 0 heterocycles. The zero-order valence-electron chi connectivity index (χ0n) is 3.71. The fourth-order valence-corrected chi connectivity index (χ4v) is 0.